The van der Waals surface area contributed by atoms with E-state index in [-0.39, 0.29) is 22.1 Å². The highest BCUT2D eigenvalue weighted by atomic mass is 32.2. The molecule has 0 saturated carbocycles. The van der Waals surface area contributed by atoms with E-state index in [0.29, 0.717) is 0 Å². The molecule has 1 amide bonds. The molecule has 3 heteroatoms. The predicted octanol–water partition coefficient (Wildman–Crippen LogP) is 2.54. The first-order chi connectivity index (χ1) is 5.76. The summed E-state index contributed by atoms with van der Waals surface area (Å²) in [6.45, 7) is 10.0. The molecular weight excluding hydrogens is 182 g/mol. The number of nitrogens with zero attached hydrogens (tertiary/aromatic N) is 1. The molecule has 1 aliphatic rings. The van der Waals surface area contributed by atoms with Crippen molar-refractivity contribution in [2.45, 2.75) is 40.2 Å². The van der Waals surface area contributed by atoms with Gasteiger partial charge in [0.15, 0.2) is 0 Å². The Labute approximate surface area is 82.7 Å². The number of carbonyl (C=O) groups is 1. The molecule has 0 N–H and O–H groups in total. The van der Waals surface area contributed by atoms with E-state index in [4.69, 9.17) is 0 Å². The number of rotatable bonds is 0. The summed E-state index contributed by atoms with van der Waals surface area (Å²) in [5.41, 5.74) is 0.745. The summed E-state index contributed by atoms with van der Waals surface area (Å²) in [7, 11) is -0.272. The van der Waals surface area contributed by atoms with Crippen molar-refractivity contribution >= 4 is 22.4 Å². The van der Waals surface area contributed by atoms with E-state index in [0.717, 1.165) is 10.5 Å². The van der Waals surface area contributed by atoms with Crippen LogP contribution in [0.3, 0.4) is 0 Å². The Morgan fingerprint density at radius 3 is 1.92 bits per heavy atom. The van der Waals surface area contributed by atoms with Crippen LogP contribution in [-0.2, 0) is 4.79 Å². The summed E-state index contributed by atoms with van der Waals surface area (Å²) in [6.07, 6.45) is 0. The molecule has 0 aromatic heterocycles. The normalized spacial score (nSPS) is 24.5. The Hall–Kier alpha value is -0.570. The summed E-state index contributed by atoms with van der Waals surface area (Å²) in [5, 5.41) is 0. The molecule has 0 aromatic rings. The summed E-state index contributed by atoms with van der Waals surface area (Å²) in [6, 6.07) is 0. The molecule has 0 fully saturated rings. The van der Waals surface area contributed by atoms with E-state index >= 15 is 0 Å². The monoisotopic (exact) mass is 199 g/mol. The van der Waals surface area contributed by atoms with Gasteiger partial charge in [-0.3, -0.25) is 9.10 Å². The maximum Gasteiger partial charge on any atom is 0.260 e. The number of carbonyl (C=O) groups excluding carboxylic acids is 1. The van der Waals surface area contributed by atoms with Gasteiger partial charge in [0.1, 0.15) is 0 Å². The van der Waals surface area contributed by atoms with Gasteiger partial charge in [-0.05, 0) is 34.6 Å². The van der Waals surface area contributed by atoms with Gasteiger partial charge >= 0.3 is 0 Å². The second kappa shape index (κ2) is 2.98. The van der Waals surface area contributed by atoms with Crippen LogP contribution in [0.2, 0.25) is 0 Å². The fourth-order valence-corrected chi connectivity index (χ4v) is 3.06. The van der Waals surface area contributed by atoms with Crippen LogP contribution in [-0.4, -0.2) is 21.6 Å². The second-order valence-electron chi connectivity index (χ2n) is 4.32. The molecule has 2 nitrogen and oxygen atoms in total. The van der Waals surface area contributed by atoms with Crippen molar-refractivity contribution in [1.29, 1.82) is 0 Å². The summed E-state index contributed by atoms with van der Waals surface area (Å²) < 4.78 is 1.87. The molecule has 1 unspecified atom stereocenters. The zero-order valence-corrected chi connectivity index (χ0v) is 9.79. The third kappa shape index (κ3) is 1.57. The zero-order valence-electron chi connectivity index (χ0n) is 8.97. The van der Waals surface area contributed by atoms with Crippen molar-refractivity contribution in [3.63, 3.8) is 0 Å². The minimum atomic E-state index is -0.272. The van der Waals surface area contributed by atoms with E-state index in [1.54, 1.807) is 0 Å². The predicted molar refractivity (Wildman–Crippen MR) is 59.7 cm³/mol. The van der Waals surface area contributed by atoms with Crippen molar-refractivity contribution in [1.82, 2.24) is 4.31 Å². The standard InChI is InChI=1S/C10H17NOS/c1-7-8(2)13(6)11(9(7)12)10(3,4)5/h6H2,1-5H3. The topological polar surface area (TPSA) is 20.3 Å². The van der Waals surface area contributed by atoms with Gasteiger partial charge < -0.3 is 0 Å². The van der Waals surface area contributed by atoms with Gasteiger partial charge in [-0.1, -0.05) is 16.5 Å². The second-order valence-corrected chi connectivity index (χ2v) is 6.02. The molecule has 1 heterocycles. The number of amides is 1. The third-order valence-electron chi connectivity index (χ3n) is 2.22. The molecule has 0 saturated heterocycles. The summed E-state index contributed by atoms with van der Waals surface area (Å²) in [5.74, 6) is 4.18. The van der Waals surface area contributed by atoms with E-state index in [1.165, 1.54) is 0 Å². The molecule has 1 rings (SSSR count). The van der Waals surface area contributed by atoms with Crippen molar-refractivity contribution in [2.75, 3.05) is 0 Å². The van der Waals surface area contributed by atoms with Crippen LogP contribution in [0.1, 0.15) is 34.6 Å². The molecule has 74 valence electrons. The van der Waals surface area contributed by atoms with Crippen molar-refractivity contribution < 1.29 is 4.79 Å². The smallest absolute Gasteiger partial charge is 0.260 e. The molecule has 0 bridgehead atoms. The first-order valence-corrected chi connectivity index (χ1v) is 5.68. The SMILES string of the molecule is C=S1C(C)=C(C)C(=O)N1C(C)(C)C. The highest BCUT2D eigenvalue weighted by molar-refractivity contribution is 8.16. The van der Waals surface area contributed by atoms with E-state index in [1.807, 2.05) is 38.9 Å². The quantitative estimate of drug-likeness (QED) is 0.549. The summed E-state index contributed by atoms with van der Waals surface area (Å²) in [4.78, 5) is 12.9. The zero-order chi connectivity index (χ0) is 10.4. The lowest BCUT2D eigenvalue weighted by molar-refractivity contribution is -0.124. The number of hydrogen-bond acceptors (Lipinski definition) is 1. The van der Waals surface area contributed by atoms with Gasteiger partial charge in [-0.2, -0.15) is 0 Å². The van der Waals surface area contributed by atoms with Crippen molar-refractivity contribution in [2.24, 2.45) is 0 Å². The Balaban J connectivity index is 3.12. The molecular formula is C10H17NOS. The van der Waals surface area contributed by atoms with Gasteiger partial charge in [0, 0.05) is 16.0 Å². The van der Waals surface area contributed by atoms with E-state index in [2.05, 4.69) is 5.87 Å². The van der Waals surface area contributed by atoms with E-state index in [9.17, 15) is 4.79 Å². The number of hydrogen-bond donors (Lipinski definition) is 0. The van der Waals surface area contributed by atoms with Crippen LogP contribution in [0.15, 0.2) is 10.5 Å². The minimum absolute atomic E-state index is 0.124. The molecule has 13 heavy (non-hydrogen) atoms. The molecule has 1 atom stereocenters. The van der Waals surface area contributed by atoms with Crippen molar-refractivity contribution in [3.05, 3.63) is 10.5 Å². The van der Waals surface area contributed by atoms with Crippen LogP contribution in [0.5, 0.6) is 0 Å². The fourth-order valence-electron chi connectivity index (χ4n) is 1.35. The molecule has 0 radical (unpaired) electrons. The van der Waals surface area contributed by atoms with Gasteiger partial charge in [-0.15, -0.1) is 0 Å². The average molecular weight is 199 g/mol. The fraction of sp³-hybridized carbons (Fsp3) is 0.600. The third-order valence-corrected chi connectivity index (χ3v) is 4.38. The molecule has 1 aliphatic heterocycles. The Bertz CT molecular complexity index is 285. The Morgan fingerprint density at radius 1 is 1.31 bits per heavy atom. The average Bonchev–Trinajstić information content (AvgIpc) is 2.14. The van der Waals surface area contributed by atoms with Crippen LogP contribution in [0.25, 0.3) is 0 Å². The Kier molecular flexibility index (Phi) is 2.41. The van der Waals surface area contributed by atoms with Gasteiger partial charge in [0.2, 0.25) is 0 Å². The maximum atomic E-state index is 11.8. The Morgan fingerprint density at radius 2 is 1.77 bits per heavy atom. The van der Waals surface area contributed by atoms with Gasteiger partial charge in [0.25, 0.3) is 5.91 Å². The molecule has 0 aromatic carbocycles. The first kappa shape index (κ1) is 10.5. The van der Waals surface area contributed by atoms with Crippen LogP contribution < -0.4 is 0 Å². The lowest BCUT2D eigenvalue weighted by Crippen LogP contribution is -2.39. The largest absolute Gasteiger partial charge is 0.280 e. The number of allylic oxidation sites excluding steroid dienone is 1. The van der Waals surface area contributed by atoms with E-state index < -0.39 is 0 Å². The van der Waals surface area contributed by atoms with Crippen LogP contribution in [0.4, 0.5) is 0 Å². The molecule has 0 aliphatic carbocycles. The first-order valence-electron chi connectivity index (χ1n) is 4.33. The highest BCUT2D eigenvalue weighted by Gasteiger charge is 2.35. The highest BCUT2D eigenvalue weighted by Crippen LogP contribution is 2.42. The maximum absolute atomic E-state index is 11.8. The molecule has 0 spiro atoms. The minimum Gasteiger partial charge on any atom is -0.280 e. The lowest BCUT2D eigenvalue weighted by atomic mass is 10.1. The van der Waals surface area contributed by atoms with Crippen LogP contribution >= 0.6 is 10.7 Å². The van der Waals surface area contributed by atoms with Crippen LogP contribution in [0, 0.1) is 0 Å². The van der Waals surface area contributed by atoms with Gasteiger partial charge in [-0.25, -0.2) is 0 Å². The van der Waals surface area contributed by atoms with Crippen molar-refractivity contribution in [3.8, 4) is 0 Å². The lowest BCUT2D eigenvalue weighted by Gasteiger charge is -2.33. The summed E-state index contributed by atoms with van der Waals surface area (Å²) >= 11 is 0. The van der Waals surface area contributed by atoms with Gasteiger partial charge in [0.05, 0.1) is 0 Å².